The summed E-state index contributed by atoms with van der Waals surface area (Å²) in [5.41, 5.74) is 4.46. The fraction of sp³-hybridized carbons (Fsp3) is 0.455. The Morgan fingerprint density at radius 2 is 1.96 bits per heavy atom. The summed E-state index contributed by atoms with van der Waals surface area (Å²) in [5, 5.41) is 0. The van der Waals surface area contributed by atoms with E-state index < -0.39 is 0 Å². The van der Waals surface area contributed by atoms with E-state index in [9.17, 15) is 9.59 Å². The molecule has 2 heterocycles. The molecule has 1 saturated heterocycles. The van der Waals surface area contributed by atoms with Crippen LogP contribution in [0, 0.1) is 18.8 Å². The number of Topliss-reactive ketones (excluding diaryl/α,β-unsaturated/α-hetero) is 1. The Morgan fingerprint density at radius 1 is 1.23 bits per heavy atom. The van der Waals surface area contributed by atoms with Crippen LogP contribution in [-0.4, -0.2) is 41.3 Å². The minimum atomic E-state index is -0.0155. The smallest absolute Gasteiger partial charge is 0.262 e. The average Bonchev–Trinajstić information content (AvgIpc) is 2.94. The number of likely N-dealkylation sites (tertiary alicyclic amines) is 1. The van der Waals surface area contributed by atoms with Crippen LogP contribution in [0.25, 0.3) is 0 Å². The van der Waals surface area contributed by atoms with E-state index in [1.165, 1.54) is 0 Å². The van der Waals surface area contributed by atoms with Crippen molar-refractivity contribution in [2.45, 2.75) is 33.1 Å². The van der Waals surface area contributed by atoms with Gasteiger partial charge in [0.05, 0.1) is 0 Å². The quantitative estimate of drug-likeness (QED) is 0.834. The van der Waals surface area contributed by atoms with E-state index in [1.807, 2.05) is 41.8 Å². The number of rotatable bonds is 2. The average molecular weight is 350 g/mol. The molecule has 0 bridgehead atoms. The molecule has 1 aliphatic carbocycles. The first kappa shape index (κ1) is 17.2. The maximum atomic E-state index is 13.3. The largest absolute Gasteiger partial charge is 0.306 e. The van der Waals surface area contributed by atoms with Crippen molar-refractivity contribution in [2.75, 3.05) is 20.1 Å². The maximum Gasteiger partial charge on any atom is 0.262 e. The SMILES string of the molecule is CCc1c2c(n(C(=O)c3ccccc3)c1C)CC1CCN(C)CC1C2=O. The van der Waals surface area contributed by atoms with E-state index >= 15 is 0 Å². The number of hydrogen-bond donors (Lipinski definition) is 0. The standard InChI is InChI=1S/C22H26N2O2/c1-4-17-14(2)24(22(26)15-8-6-5-7-9-15)19-12-16-10-11-23(3)13-18(16)21(25)20(17)19/h5-9,16,18H,4,10-13H2,1-3H3. The van der Waals surface area contributed by atoms with Crippen LogP contribution in [0.2, 0.25) is 0 Å². The van der Waals surface area contributed by atoms with Crippen LogP contribution in [-0.2, 0) is 12.8 Å². The second-order valence-electron chi connectivity index (χ2n) is 7.73. The van der Waals surface area contributed by atoms with Crippen molar-refractivity contribution in [3.8, 4) is 0 Å². The van der Waals surface area contributed by atoms with Crippen LogP contribution in [0.3, 0.4) is 0 Å². The van der Waals surface area contributed by atoms with Gasteiger partial charge in [-0.3, -0.25) is 14.2 Å². The summed E-state index contributed by atoms with van der Waals surface area (Å²) in [4.78, 5) is 28.8. The van der Waals surface area contributed by atoms with Gasteiger partial charge in [0.1, 0.15) is 0 Å². The van der Waals surface area contributed by atoms with Crippen molar-refractivity contribution >= 4 is 11.7 Å². The Balaban J connectivity index is 1.85. The fourth-order valence-corrected chi connectivity index (χ4v) is 4.84. The zero-order chi connectivity index (χ0) is 18.4. The van der Waals surface area contributed by atoms with Crippen LogP contribution in [0.1, 0.15) is 51.0 Å². The minimum Gasteiger partial charge on any atom is -0.306 e. The number of benzene rings is 1. The van der Waals surface area contributed by atoms with Crippen molar-refractivity contribution in [3.05, 3.63) is 58.4 Å². The highest BCUT2D eigenvalue weighted by atomic mass is 16.2. The van der Waals surface area contributed by atoms with Gasteiger partial charge in [-0.05, 0) is 63.4 Å². The van der Waals surface area contributed by atoms with E-state index in [2.05, 4.69) is 18.9 Å². The molecular weight excluding hydrogens is 324 g/mol. The molecule has 2 atom stereocenters. The molecular formula is C22H26N2O2. The predicted molar refractivity (Wildman–Crippen MR) is 102 cm³/mol. The van der Waals surface area contributed by atoms with Crippen LogP contribution >= 0.6 is 0 Å². The lowest BCUT2D eigenvalue weighted by Gasteiger charge is -2.39. The summed E-state index contributed by atoms with van der Waals surface area (Å²) in [6.07, 6.45) is 2.64. The molecule has 1 fully saturated rings. The van der Waals surface area contributed by atoms with Crippen LogP contribution in [0.15, 0.2) is 30.3 Å². The molecule has 0 amide bonds. The van der Waals surface area contributed by atoms with Gasteiger partial charge in [0.2, 0.25) is 0 Å². The molecule has 2 unspecified atom stereocenters. The zero-order valence-corrected chi connectivity index (χ0v) is 15.8. The molecule has 0 saturated carbocycles. The highest BCUT2D eigenvalue weighted by Gasteiger charge is 2.42. The molecule has 4 heteroatoms. The molecule has 2 aliphatic rings. The fourth-order valence-electron chi connectivity index (χ4n) is 4.84. The van der Waals surface area contributed by atoms with Crippen molar-refractivity contribution in [1.82, 2.24) is 9.47 Å². The Morgan fingerprint density at radius 3 is 2.65 bits per heavy atom. The van der Waals surface area contributed by atoms with E-state index in [4.69, 9.17) is 0 Å². The predicted octanol–water partition coefficient (Wildman–Crippen LogP) is 3.35. The van der Waals surface area contributed by atoms with Crippen molar-refractivity contribution < 1.29 is 9.59 Å². The van der Waals surface area contributed by atoms with Gasteiger partial charge < -0.3 is 4.90 Å². The summed E-state index contributed by atoms with van der Waals surface area (Å²) in [5.74, 6) is 0.668. The molecule has 2 aromatic rings. The second kappa shape index (κ2) is 6.51. The number of piperidine rings is 1. The van der Waals surface area contributed by atoms with Crippen molar-refractivity contribution in [1.29, 1.82) is 0 Å². The molecule has 1 aliphatic heterocycles. The minimum absolute atomic E-state index is 0.0155. The van der Waals surface area contributed by atoms with E-state index in [-0.39, 0.29) is 17.6 Å². The third-order valence-electron chi connectivity index (χ3n) is 6.21. The molecule has 136 valence electrons. The van der Waals surface area contributed by atoms with Crippen LogP contribution < -0.4 is 0 Å². The summed E-state index contributed by atoms with van der Waals surface area (Å²) < 4.78 is 1.83. The summed E-state index contributed by atoms with van der Waals surface area (Å²) in [6.45, 7) is 5.92. The molecule has 1 aromatic heterocycles. The Labute approximate surface area is 154 Å². The molecule has 26 heavy (non-hydrogen) atoms. The lowest BCUT2D eigenvalue weighted by atomic mass is 9.72. The van der Waals surface area contributed by atoms with Crippen LogP contribution in [0.4, 0.5) is 0 Å². The number of nitrogens with zero attached hydrogens (tertiary/aromatic N) is 2. The van der Waals surface area contributed by atoms with Crippen LogP contribution in [0.5, 0.6) is 0 Å². The van der Waals surface area contributed by atoms with Gasteiger partial charge in [0.15, 0.2) is 5.78 Å². The van der Waals surface area contributed by atoms with Gasteiger partial charge in [0, 0.05) is 35.0 Å². The van der Waals surface area contributed by atoms with Gasteiger partial charge in [0.25, 0.3) is 5.91 Å². The Kier molecular flexibility index (Phi) is 4.31. The van der Waals surface area contributed by atoms with Crippen molar-refractivity contribution in [2.24, 2.45) is 11.8 Å². The number of aromatic nitrogens is 1. The first-order valence-corrected chi connectivity index (χ1v) is 9.58. The monoisotopic (exact) mass is 350 g/mol. The number of ketones is 1. The van der Waals surface area contributed by atoms with Crippen molar-refractivity contribution in [3.63, 3.8) is 0 Å². The number of carbonyl (C=O) groups is 2. The lowest BCUT2D eigenvalue weighted by molar-refractivity contribution is 0.0701. The van der Waals surface area contributed by atoms with E-state index in [0.717, 1.165) is 54.9 Å². The highest BCUT2D eigenvalue weighted by molar-refractivity contribution is 6.05. The van der Waals surface area contributed by atoms with E-state index in [0.29, 0.717) is 11.5 Å². The Hall–Kier alpha value is -2.20. The number of carbonyl (C=O) groups excluding carboxylic acids is 2. The molecule has 1 aromatic carbocycles. The third kappa shape index (κ3) is 2.55. The first-order valence-electron chi connectivity index (χ1n) is 9.58. The van der Waals surface area contributed by atoms with Gasteiger partial charge in [-0.15, -0.1) is 0 Å². The van der Waals surface area contributed by atoms with Gasteiger partial charge >= 0.3 is 0 Å². The molecule has 0 N–H and O–H groups in total. The van der Waals surface area contributed by atoms with Gasteiger partial charge in [-0.1, -0.05) is 25.1 Å². The molecule has 0 spiro atoms. The molecule has 4 rings (SSSR count). The third-order valence-corrected chi connectivity index (χ3v) is 6.21. The topological polar surface area (TPSA) is 42.3 Å². The maximum absolute atomic E-state index is 13.3. The lowest BCUT2D eigenvalue weighted by Crippen LogP contribution is -2.45. The summed E-state index contributed by atoms with van der Waals surface area (Å²) in [6, 6.07) is 9.39. The summed E-state index contributed by atoms with van der Waals surface area (Å²) in [7, 11) is 2.09. The number of hydrogen-bond acceptors (Lipinski definition) is 3. The number of fused-ring (bicyclic) bond motifs is 2. The van der Waals surface area contributed by atoms with E-state index in [1.54, 1.807) is 0 Å². The summed E-state index contributed by atoms with van der Waals surface area (Å²) >= 11 is 0. The zero-order valence-electron chi connectivity index (χ0n) is 15.8. The molecule has 4 nitrogen and oxygen atoms in total. The first-order chi connectivity index (χ1) is 12.5. The van der Waals surface area contributed by atoms with Gasteiger partial charge in [-0.25, -0.2) is 0 Å². The molecule has 0 radical (unpaired) electrons. The highest BCUT2D eigenvalue weighted by Crippen LogP contribution is 2.39. The normalized spacial score (nSPS) is 22.8. The van der Waals surface area contributed by atoms with Gasteiger partial charge in [-0.2, -0.15) is 0 Å². The second-order valence-corrected chi connectivity index (χ2v) is 7.73. The Bertz CT molecular complexity index is 866.